The van der Waals surface area contributed by atoms with Crippen molar-refractivity contribution >= 4 is 15.9 Å². The van der Waals surface area contributed by atoms with Gasteiger partial charge in [-0.05, 0) is 24.6 Å². The molecule has 1 aliphatic rings. The van der Waals surface area contributed by atoms with Crippen LogP contribution < -0.4 is 4.74 Å². The van der Waals surface area contributed by atoms with E-state index in [1.54, 1.807) is 6.07 Å². The molecule has 0 aliphatic carbocycles. The van der Waals surface area contributed by atoms with Gasteiger partial charge in [-0.25, -0.2) is 0 Å². The highest BCUT2D eigenvalue weighted by molar-refractivity contribution is 9.10. The largest absolute Gasteiger partial charge is 0.492 e. The molecule has 1 heterocycles. The molecule has 4 heteroatoms. The first-order valence-electron chi connectivity index (χ1n) is 5.20. The third-order valence-corrected chi connectivity index (χ3v) is 3.05. The summed E-state index contributed by atoms with van der Waals surface area (Å²) in [6, 6.07) is 7.58. The second kappa shape index (κ2) is 5.33. The van der Waals surface area contributed by atoms with E-state index in [0.29, 0.717) is 23.8 Å². The molecule has 2 rings (SSSR count). The third kappa shape index (κ3) is 2.75. The van der Waals surface area contributed by atoms with Gasteiger partial charge in [0.1, 0.15) is 11.8 Å². The van der Waals surface area contributed by atoms with E-state index in [1.807, 2.05) is 12.1 Å². The highest BCUT2D eigenvalue weighted by atomic mass is 79.9. The molecular weight excluding hydrogens is 270 g/mol. The zero-order chi connectivity index (χ0) is 11.4. The van der Waals surface area contributed by atoms with Crippen LogP contribution in [0.25, 0.3) is 0 Å². The number of hydrogen-bond donors (Lipinski definition) is 0. The number of halogens is 1. The lowest BCUT2D eigenvalue weighted by molar-refractivity contribution is 0.167. The first-order valence-corrected chi connectivity index (χ1v) is 5.99. The second-order valence-corrected chi connectivity index (χ2v) is 4.71. The summed E-state index contributed by atoms with van der Waals surface area (Å²) in [6.07, 6.45) is 1.04. The highest BCUT2D eigenvalue weighted by Crippen LogP contribution is 2.23. The van der Waals surface area contributed by atoms with Crippen LogP contribution in [-0.2, 0) is 4.74 Å². The first-order chi connectivity index (χ1) is 7.79. The van der Waals surface area contributed by atoms with Gasteiger partial charge in [-0.2, -0.15) is 5.26 Å². The van der Waals surface area contributed by atoms with Crippen LogP contribution in [0.1, 0.15) is 12.0 Å². The van der Waals surface area contributed by atoms with Crippen molar-refractivity contribution in [2.45, 2.75) is 6.42 Å². The van der Waals surface area contributed by atoms with Crippen LogP contribution in [0.4, 0.5) is 0 Å². The fraction of sp³-hybridized carbons (Fsp3) is 0.417. The van der Waals surface area contributed by atoms with Gasteiger partial charge in [-0.1, -0.05) is 15.9 Å². The lowest BCUT2D eigenvalue weighted by Crippen LogP contribution is -2.12. The van der Waals surface area contributed by atoms with Crippen molar-refractivity contribution < 1.29 is 9.47 Å². The van der Waals surface area contributed by atoms with Crippen molar-refractivity contribution in [3.05, 3.63) is 28.2 Å². The molecule has 1 aromatic rings. The average Bonchev–Trinajstić information content (AvgIpc) is 2.80. The Bertz CT molecular complexity index is 408. The Kier molecular flexibility index (Phi) is 3.81. The van der Waals surface area contributed by atoms with Crippen LogP contribution in [-0.4, -0.2) is 19.8 Å². The summed E-state index contributed by atoms with van der Waals surface area (Å²) < 4.78 is 11.8. The number of benzene rings is 1. The first kappa shape index (κ1) is 11.4. The second-order valence-electron chi connectivity index (χ2n) is 3.79. The summed E-state index contributed by atoms with van der Waals surface area (Å²) >= 11 is 3.33. The third-order valence-electron chi connectivity index (χ3n) is 2.56. The lowest BCUT2D eigenvalue weighted by atomic mass is 10.1. The van der Waals surface area contributed by atoms with E-state index in [0.717, 1.165) is 24.1 Å². The van der Waals surface area contributed by atoms with Crippen molar-refractivity contribution in [2.24, 2.45) is 5.92 Å². The quantitative estimate of drug-likeness (QED) is 0.856. The van der Waals surface area contributed by atoms with Gasteiger partial charge in [0.2, 0.25) is 0 Å². The highest BCUT2D eigenvalue weighted by Gasteiger charge is 2.16. The topological polar surface area (TPSA) is 42.2 Å². The van der Waals surface area contributed by atoms with Crippen LogP contribution >= 0.6 is 15.9 Å². The fourth-order valence-electron chi connectivity index (χ4n) is 1.64. The normalized spacial score (nSPS) is 19.4. The molecule has 0 bridgehead atoms. The van der Waals surface area contributed by atoms with E-state index in [1.165, 1.54) is 0 Å². The van der Waals surface area contributed by atoms with Crippen molar-refractivity contribution in [3.63, 3.8) is 0 Å². The number of ether oxygens (including phenoxy) is 2. The molecule has 1 aromatic carbocycles. The summed E-state index contributed by atoms with van der Waals surface area (Å²) in [6.45, 7) is 2.20. The molecule has 0 N–H and O–H groups in total. The number of nitrogens with zero attached hydrogens (tertiary/aromatic N) is 1. The minimum Gasteiger partial charge on any atom is -0.492 e. The monoisotopic (exact) mass is 281 g/mol. The van der Waals surface area contributed by atoms with Crippen LogP contribution in [0.2, 0.25) is 0 Å². The van der Waals surface area contributed by atoms with Crippen LogP contribution in [0.15, 0.2) is 22.7 Å². The van der Waals surface area contributed by atoms with Crippen molar-refractivity contribution in [1.82, 2.24) is 0 Å². The number of hydrogen-bond acceptors (Lipinski definition) is 3. The van der Waals surface area contributed by atoms with Crippen molar-refractivity contribution in [2.75, 3.05) is 19.8 Å². The van der Waals surface area contributed by atoms with Gasteiger partial charge in [0.05, 0.1) is 18.8 Å². The SMILES string of the molecule is N#Cc1cc(Br)ccc1OCC1CCOC1. The molecule has 1 aliphatic heterocycles. The Morgan fingerprint density at radius 2 is 2.44 bits per heavy atom. The van der Waals surface area contributed by atoms with Gasteiger partial charge in [-0.15, -0.1) is 0 Å². The molecule has 16 heavy (non-hydrogen) atoms. The molecule has 0 spiro atoms. The zero-order valence-corrected chi connectivity index (χ0v) is 10.4. The van der Waals surface area contributed by atoms with Crippen molar-refractivity contribution in [3.8, 4) is 11.8 Å². The van der Waals surface area contributed by atoms with E-state index in [-0.39, 0.29) is 0 Å². The summed E-state index contributed by atoms with van der Waals surface area (Å²) in [5.41, 5.74) is 0.563. The van der Waals surface area contributed by atoms with E-state index in [4.69, 9.17) is 14.7 Å². The van der Waals surface area contributed by atoms with Gasteiger partial charge >= 0.3 is 0 Å². The van der Waals surface area contributed by atoms with Crippen LogP contribution in [0.5, 0.6) is 5.75 Å². The smallest absolute Gasteiger partial charge is 0.137 e. The maximum absolute atomic E-state index is 8.96. The lowest BCUT2D eigenvalue weighted by Gasteiger charge is -2.11. The fourth-order valence-corrected chi connectivity index (χ4v) is 2.00. The summed E-state index contributed by atoms with van der Waals surface area (Å²) in [7, 11) is 0. The summed E-state index contributed by atoms with van der Waals surface area (Å²) in [4.78, 5) is 0. The molecule has 84 valence electrons. The Morgan fingerprint density at radius 3 is 3.12 bits per heavy atom. The standard InChI is InChI=1S/C12H12BrNO2/c13-11-1-2-12(10(5-11)6-14)16-8-9-3-4-15-7-9/h1-2,5,9H,3-4,7-8H2. The Balaban J connectivity index is 2.00. The van der Waals surface area contributed by atoms with Crippen LogP contribution in [0, 0.1) is 17.2 Å². The maximum atomic E-state index is 8.96. The molecular formula is C12H12BrNO2. The van der Waals surface area contributed by atoms with E-state index >= 15 is 0 Å². The Morgan fingerprint density at radius 1 is 1.56 bits per heavy atom. The number of nitriles is 1. The molecule has 1 unspecified atom stereocenters. The average molecular weight is 282 g/mol. The molecule has 3 nitrogen and oxygen atoms in total. The Labute approximate surface area is 103 Å². The van der Waals surface area contributed by atoms with Gasteiger partial charge in [0, 0.05) is 17.0 Å². The maximum Gasteiger partial charge on any atom is 0.137 e. The predicted molar refractivity (Wildman–Crippen MR) is 63.3 cm³/mol. The van der Waals surface area contributed by atoms with E-state index < -0.39 is 0 Å². The van der Waals surface area contributed by atoms with Gasteiger partial charge in [-0.3, -0.25) is 0 Å². The van der Waals surface area contributed by atoms with Gasteiger partial charge in [0.25, 0.3) is 0 Å². The van der Waals surface area contributed by atoms with E-state index in [2.05, 4.69) is 22.0 Å². The van der Waals surface area contributed by atoms with Crippen molar-refractivity contribution in [1.29, 1.82) is 5.26 Å². The molecule has 0 saturated carbocycles. The van der Waals surface area contributed by atoms with Crippen LogP contribution in [0.3, 0.4) is 0 Å². The molecule has 0 aromatic heterocycles. The van der Waals surface area contributed by atoms with Gasteiger partial charge < -0.3 is 9.47 Å². The molecule has 1 atom stereocenters. The predicted octanol–water partition coefficient (Wildman–Crippen LogP) is 2.74. The molecule has 0 amide bonds. The Hall–Kier alpha value is -1.05. The summed E-state index contributed by atoms with van der Waals surface area (Å²) in [5.74, 6) is 1.10. The molecule has 1 saturated heterocycles. The minimum atomic E-state index is 0.454. The minimum absolute atomic E-state index is 0.454. The van der Waals surface area contributed by atoms with E-state index in [9.17, 15) is 0 Å². The zero-order valence-electron chi connectivity index (χ0n) is 8.78. The molecule has 1 fully saturated rings. The van der Waals surface area contributed by atoms with Gasteiger partial charge in [0.15, 0.2) is 0 Å². The number of rotatable bonds is 3. The summed E-state index contributed by atoms with van der Waals surface area (Å²) in [5, 5.41) is 8.96. The molecule has 0 radical (unpaired) electrons.